The number of hydrogen-bond acceptors (Lipinski definition) is 4. The van der Waals surface area contributed by atoms with E-state index in [1.165, 1.54) is 12.8 Å². The van der Waals surface area contributed by atoms with Gasteiger partial charge in [-0.1, -0.05) is 26.7 Å². The third-order valence-corrected chi connectivity index (χ3v) is 5.75. The molecule has 0 aromatic heterocycles. The Morgan fingerprint density at radius 1 is 1.17 bits per heavy atom. The number of carbonyl (C=O) groups excluding carboxylic acids is 1. The smallest absolute Gasteiger partial charge is 0.221 e. The zero-order chi connectivity index (χ0) is 16.1. The van der Waals surface area contributed by atoms with Gasteiger partial charge in [0.05, 0.1) is 13.2 Å². The summed E-state index contributed by atoms with van der Waals surface area (Å²) in [6.07, 6.45) is 7.11. The zero-order valence-corrected chi connectivity index (χ0v) is 16.8. The van der Waals surface area contributed by atoms with Gasteiger partial charge in [-0.2, -0.15) is 0 Å². The van der Waals surface area contributed by atoms with Crippen LogP contribution in [-0.4, -0.2) is 54.7 Å². The number of nitrogens with one attached hydrogen (secondary N) is 1. The first-order valence-electron chi connectivity index (χ1n) is 8.92. The first kappa shape index (κ1) is 23.9. The van der Waals surface area contributed by atoms with E-state index in [1.54, 1.807) is 0 Å². The molecule has 2 rings (SSSR count). The molecule has 1 heterocycles. The molecule has 0 bridgehead atoms. The average Bonchev–Trinajstić information content (AvgIpc) is 3.03. The minimum Gasteiger partial charge on any atom is -0.379 e. The van der Waals surface area contributed by atoms with Crippen molar-refractivity contribution < 1.29 is 9.53 Å². The van der Waals surface area contributed by atoms with E-state index in [0.717, 1.165) is 52.0 Å². The second kappa shape index (κ2) is 10.8. The minimum atomic E-state index is -0.266. The van der Waals surface area contributed by atoms with Crippen LogP contribution in [0.15, 0.2) is 0 Å². The lowest BCUT2D eigenvalue weighted by Crippen LogP contribution is -2.55. The van der Waals surface area contributed by atoms with Crippen molar-refractivity contribution in [3.8, 4) is 0 Å². The lowest BCUT2D eigenvalue weighted by atomic mass is 9.89. The highest BCUT2D eigenvalue weighted by Crippen LogP contribution is 2.38. The van der Waals surface area contributed by atoms with E-state index in [1.807, 2.05) is 0 Å². The molecule has 0 aromatic rings. The molecular formula is C17H35Cl2N3O2. The molecule has 0 spiro atoms. The van der Waals surface area contributed by atoms with Crippen LogP contribution in [0.2, 0.25) is 0 Å². The van der Waals surface area contributed by atoms with Crippen LogP contribution in [0.4, 0.5) is 0 Å². The van der Waals surface area contributed by atoms with Crippen molar-refractivity contribution in [1.82, 2.24) is 10.2 Å². The fraction of sp³-hybridized carbons (Fsp3) is 0.941. The van der Waals surface area contributed by atoms with Crippen molar-refractivity contribution in [2.24, 2.45) is 5.73 Å². The van der Waals surface area contributed by atoms with Gasteiger partial charge in [0, 0.05) is 37.1 Å². The van der Waals surface area contributed by atoms with Gasteiger partial charge >= 0.3 is 0 Å². The maximum atomic E-state index is 12.5. The second-order valence-electron chi connectivity index (χ2n) is 7.05. The number of nitrogens with two attached hydrogens (primary N) is 1. The lowest BCUT2D eigenvalue weighted by molar-refractivity contribution is -0.125. The summed E-state index contributed by atoms with van der Waals surface area (Å²) in [5.74, 6) is 0.158. The molecule has 1 saturated heterocycles. The molecule has 7 heteroatoms. The molecule has 2 aliphatic rings. The van der Waals surface area contributed by atoms with Gasteiger partial charge in [0.2, 0.25) is 5.91 Å². The lowest BCUT2D eigenvalue weighted by Gasteiger charge is -2.43. The van der Waals surface area contributed by atoms with Crippen LogP contribution in [0.25, 0.3) is 0 Å². The summed E-state index contributed by atoms with van der Waals surface area (Å²) < 4.78 is 5.47. The zero-order valence-electron chi connectivity index (χ0n) is 15.1. The average molecular weight is 384 g/mol. The van der Waals surface area contributed by atoms with E-state index in [-0.39, 0.29) is 41.8 Å². The third kappa shape index (κ3) is 6.03. The standard InChI is InChI=1S/C17H33N3O2.2ClH/c1-3-16(18,4-2)14-19-15(21)13-17(7-5-6-8-17)20-9-11-22-12-10-20;;/h3-14,18H2,1-2H3,(H,19,21);2*1H. The van der Waals surface area contributed by atoms with Crippen molar-refractivity contribution in [2.75, 3.05) is 32.8 Å². The molecule has 1 saturated carbocycles. The molecule has 24 heavy (non-hydrogen) atoms. The highest BCUT2D eigenvalue weighted by molar-refractivity contribution is 5.85. The summed E-state index contributed by atoms with van der Waals surface area (Å²) in [5, 5.41) is 3.09. The summed E-state index contributed by atoms with van der Waals surface area (Å²) in [4.78, 5) is 15.0. The Hall–Kier alpha value is -0.0700. The number of hydrogen-bond donors (Lipinski definition) is 2. The van der Waals surface area contributed by atoms with Crippen LogP contribution in [-0.2, 0) is 9.53 Å². The van der Waals surface area contributed by atoms with Gasteiger partial charge in [0.15, 0.2) is 0 Å². The fourth-order valence-corrected chi connectivity index (χ4v) is 3.81. The normalized spacial score (nSPS) is 20.8. The van der Waals surface area contributed by atoms with Crippen LogP contribution >= 0.6 is 24.8 Å². The van der Waals surface area contributed by atoms with E-state index >= 15 is 0 Å². The summed E-state index contributed by atoms with van der Waals surface area (Å²) in [6.45, 7) is 8.25. The molecular weight excluding hydrogens is 349 g/mol. The first-order valence-corrected chi connectivity index (χ1v) is 8.92. The number of amides is 1. The summed E-state index contributed by atoms with van der Waals surface area (Å²) >= 11 is 0. The van der Waals surface area contributed by atoms with Crippen molar-refractivity contribution in [2.45, 2.75) is 69.9 Å². The topological polar surface area (TPSA) is 67.6 Å². The molecule has 3 N–H and O–H groups in total. The van der Waals surface area contributed by atoms with Crippen molar-refractivity contribution in [3.63, 3.8) is 0 Å². The number of rotatable bonds is 7. The number of ether oxygens (including phenoxy) is 1. The minimum absolute atomic E-state index is 0. The molecule has 144 valence electrons. The second-order valence-corrected chi connectivity index (χ2v) is 7.05. The summed E-state index contributed by atoms with van der Waals surface area (Å²) in [7, 11) is 0. The Morgan fingerprint density at radius 2 is 1.71 bits per heavy atom. The SMILES string of the molecule is CCC(N)(CC)CNC(=O)CC1(N2CCOCC2)CCCC1.Cl.Cl. The fourth-order valence-electron chi connectivity index (χ4n) is 3.81. The number of halogens is 2. The van der Waals surface area contributed by atoms with Crippen LogP contribution in [0.3, 0.4) is 0 Å². The van der Waals surface area contributed by atoms with Gasteiger partial charge < -0.3 is 15.8 Å². The van der Waals surface area contributed by atoms with Crippen LogP contribution in [0.1, 0.15) is 58.8 Å². The maximum absolute atomic E-state index is 12.5. The first-order chi connectivity index (χ1) is 10.5. The summed E-state index contributed by atoms with van der Waals surface area (Å²) in [6, 6.07) is 0. The van der Waals surface area contributed by atoms with E-state index in [0.29, 0.717) is 13.0 Å². The monoisotopic (exact) mass is 383 g/mol. The highest BCUT2D eigenvalue weighted by atomic mass is 35.5. The Morgan fingerprint density at radius 3 is 2.21 bits per heavy atom. The van der Waals surface area contributed by atoms with Gasteiger partial charge in [-0.3, -0.25) is 9.69 Å². The molecule has 5 nitrogen and oxygen atoms in total. The van der Waals surface area contributed by atoms with Gasteiger partial charge in [-0.05, 0) is 25.7 Å². The van der Waals surface area contributed by atoms with E-state index < -0.39 is 0 Å². The van der Waals surface area contributed by atoms with Crippen LogP contribution in [0, 0.1) is 0 Å². The molecule has 0 atom stereocenters. The maximum Gasteiger partial charge on any atom is 0.221 e. The number of morpholine rings is 1. The Bertz CT molecular complexity index is 367. The quantitative estimate of drug-likeness (QED) is 0.708. The van der Waals surface area contributed by atoms with Gasteiger partial charge in [-0.15, -0.1) is 24.8 Å². The van der Waals surface area contributed by atoms with E-state index in [4.69, 9.17) is 10.5 Å². The van der Waals surface area contributed by atoms with Crippen molar-refractivity contribution >= 4 is 30.7 Å². The Kier molecular flexibility index (Phi) is 10.8. The molecule has 1 aliphatic carbocycles. The Balaban J connectivity index is 0.00000264. The molecule has 0 aromatic carbocycles. The largest absolute Gasteiger partial charge is 0.379 e. The van der Waals surface area contributed by atoms with Gasteiger partial charge in [0.25, 0.3) is 0 Å². The van der Waals surface area contributed by atoms with Crippen molar-refractivity contribution in [1.29, 1.82) is 0 Å². The predicted molar refractivity (Wildman–Crippen MR) is 103 cm³/mol. The van der Waals surface area contributed by atoms with Gasteiger partial charge in [-0.25, -0.2) is 0 Å². The molecule has 2 fully saturated rings. The van der Waals surface area contributed by atoms with E-state index in [9.17, 15) is 4.79 Å². The van der Waals surface area contributed by atoms with Crippen molar-refractivity contribution in [3.05, 3.63) is 0 Å². The van der Waals surface area contributed by atoms with E-state index in [2.05, 4.69) is 24.1 Å². The molecule has 1 amide bonds. The summed E-state index contributed by atoms with van der Waals surface area (Å²) in [5.41, 5.74) is 6.08. The molecule has 0 radical (unpaired) electrons. The number of carbonyl (C=O) groups is 1. The van der Waals surface area contributed by atoms with Gasteiger partial charge in [0.1, 0.15) is 0 Å². The molecule has 0 unspecified atom stereocenters. The number of nitrogens with zero attached hydrogens (tertiary/aromatic N) is 1. The predicted octanol–water partition coefficient (Wildman–Crippen LogP) is 2.50. The molecule has 1 aliphatic heterocycles. The Labute approximate surface area is 159 Å². The van der Waals surface area contributed by atoms with Crippen LogP contribution < -0.4 is 11.1 Å². The van der Waals surface area contributed by atoms with Crippen LogP contribution in [0.5, 0.6) is 0 Å². The highest BCUT2D eigenvalue weighted by Gasteiger charge is 2.41. The third-order valence-electron chi connectivity index (χ3n) is 5.75.